The van der Waals surface area contributed by atoms with Gasteiger partial charge >= 0.3 is 0 Å². The molecule has 0 fully saturated rings. The van der Waals surface area contributed by atoms with Gasteiger partial charge in [-0.1, -0.05) is 170 Å². The van der Waals surface area contributed by atoms with Crippen molar-refractivity contribution in [3.63, 3.8) is 0 Å². The van der Waals surface area contributed by atoms with Crippen LogP contribution in [-0.4, -0.2) is 14.1 Å². The third-order valence-electron chi connectivity index (χ3n) is 13.4. The van der Waals surface area contributed by atoms with Crippen LogP contribution in [0.25, 0.3) is 126 Å². The molecule has 0 aliphatic carbocycles. The van der Waals surface area contributed by atoms with Crippen LogP contribution < -0.4 is 0 Å². The largest absolute Gasteiger partial charge is 0.307 e. The van der Waals surface area contributed by atoms with Gasteiger partial charge in [-0.15, -0.1) is 0 Å². The molecule has 0 saturated heterocycles. The molecule has 5 nitrogen and oxygen atoms in total. The van der Waals surface area contributed by atoms with E-state index in [1.54, 1.807) is 0 Å². The number of aromatic nitrogens is 3. The Morgan fingerprint density at radius 3 is 1.45 bits per heavy atom. The van der Waals surface area contributed by atoms with Gasteiger partial charge in [-0.25, -0.2) is 9.83 Å². The zero-order chi connectivity index (χ0) is 43.9. The fourth-order valence-corrected chi connectivity index (χ4v) is 10.6. The van der Waals surface area contributed by atoms with E-state index in [-0.39, 0.29) is 0 Å². The van der Waals surface area contributed by atoms with E-state index in [0.29, 0.717) is 28.2 Å². The number of hydrogen-bond donors (Lipinski definition) is 0. The van der Waals surface area contributed by atoms with E-state index in [0.717, 1.165) is 104 Å². The second-order valence-electron chi connectivity index (χ2n) is 16.8. The van der Waals surface area contributed by atoms with Crippen LogP contribution in [0.1, 0.15) is 5.56 Å². The summed E-state index contributed by atoms with van der Waals surface area (Å²) in [5, 5.41) is 20.6. The highest BCUT2D eigenvalue weighted by Gasteiger charge is 2.32. The van der Waals surface area contributed by atoms with E-state index in [4.69, 9.17) is 4.98 Å². The predicted molar refractivity (Wildman–Crippen MR) is 272 cm³/mol. The van der Waals surface area contributed by atoms with Crippen LogP contribution in [0.2, 0.25) is 0 Å². The highest BCUT2D eigenvalue weighted by molar-refractivity contribution is 6.34. The molecule has 0 atom stereocenters. The lowest BCUT2D eigenvalue weighted by Crippen LogP contribution is -2.09. The topological polar surface area (TPSA) is 50.9 Å². The Bertz CT molecular complexity index is 3970. The average Bonchev–Trinajstić information content (AvgIpc) is 3.91. The van der Waals surface area contributed by atoms with Gasteiger partial charge in [-0.05, 0) is 91.3 Å². The summed E-state index contributed by atoms with van der Waals surface area (Å²) in [6, 6.07) is 74.4. The number of nitriles is 1. The van der Waals surface area contributed by atoms with Crippen molar-refractivity contribution >= 4 is 71.0 Å². The van der Waals surface area contributed by atoms with Crippen molar-refractivity contribution in [3.05, 3.63) is 229 Å². The molecule has 0 amide bonds. The lowest BCUT2D eigenvalue weighted by Gasteiger charge is -2.25. The normalized spacial score (nSPS) is 11.6. The first-order chi connectivity index (χ1) is 32.7. The van der Waals surface area contributed by atoms with Gasteiger partial charge in [-0.2, -0.15) is 5.26 Å². The molecule has 0 N–H and O–H groups in total. The molecule has 0 aliphatic rings. The molecule has 5 heteroatoms. The van der Waals surface area contributed by atoms with Gasteiger partial charge in [0.1, 0.15) is 11.7 Å². The van der Waals surface area contributed by atoms with Crippen LogP contribution in [0.5, 0.6) is 0 Å². The van der Waals surface area contributed by atoms with Gasteiger partial charge in [0.25, 0.3) is 0 Å². The Balaban J connectivity index is 1.27. The quantitative estimate of drug-likeness (QED) is 0.124. The van der Waals surface area contributed by atoms with Crippen LogP contribution in [-0.2, 0) is 0 Å². The van der Waals surface area contributed by atoms with Crippen LogP contribution in [0, 0.1) is 17.9 Å². The Morgan fingerprint density at radius 2 is 0.909 bits per heavy atom. The molecule has 66 heavy (non-hydrogen) atoms. The maximum atomic E-state index is 11.8. The van der Waals surface area contributed by atoms with Gasteiger partial charge in [0.05, 0.1) is 40.1 Å². The number of nitrogens with zero attached hydrogens (tertiary/aromatic N) is 5. The highest BCUT2D eigenvalue weighted by Crippen LogP contribution is 2.53. The van der Waals surface area contributed by atoms with Crippen molar-refractivity contribution in [3.8, 4) is 62.0 Å². The van der Waals surface area contributed by atoms with Crippen molar-refractivity contribution in [1.29, 1.82) is 5.26 Å². The summed E-state index contributed by atoms with van der Waals surface area (Å²) < 4.78 is 4.50. The van der Waals surface area contributed by atoms with Crippen LogP contribution in [0.15, 0.2) is 212 Å². The van der Waals surface area contributed by atoms with Crippen LogP contribution in [0.3, 0.4) is 0 Å². The summed E-state index contributed by atoms with van der Waals surface area (Å²) in [6.45, 7) is 9.22. The molecule has 0 unspecified atom stereocenters. The zero-order valence-electron chi connectivity index (χ0n) is 35.4. The van der Waals surface area contributed by atoms with Gasteiger partial charge in [-0.3, -0.25) is 0 Å². The van der Waals surface area contributed by atoms with Crippen molar-refractivity contribution in [1.82, 2.24) is 14.1 Å². The first-order valence-corrected chi connectivity index (χ1v) is 22.1. The number of fused-ring (bicyclic) bond motifs is 6. The number of hydrogen-bond acceptors (Lipinski definition) is 2. The monoisotopic (exact) mass is 837 g/mol. The van der Waals surface area contributed by atoms with Gasteiger partial charge in [0.15, 0.2) is 0 Å². The Hall–Kier alpha value is -9.29. The van der Waals surface area contributed by atoms with Crippen molar-refractivity contribution in [2.45, 2.75) is 0 Å². The van der Waals surface area contributed by atoms with Crippen molar-refractivity contribution in [2.24, 2.45) is 0 Å². The Morgan fingerprint density at radius 1 is 0.409 bits per heavy atom. The van der Waals surface area contributed by atoms with Crippen LogP contribution >= 0.6 is 0 Å². The lowest BCUT2D eigenvalue weighted by atomic mass is 9.88. The van der Waals surface area contributed by atoms with Crippen molar-refractivity contribution in [2.75, 3.05) is 0 Å². The van der Waals surface area contributed by atoms with E-state index in [2.05, 4.69) is 166 Å². The first-order valence-electron chi connectivity index (χ1n) is 22.1. The third kappa shape index (κ3) is 5.35. The molecule has 13 aromatic rings. The third-order valence-corrected chi connectivity index (χ3v) is 13.4. The smallest absolute Gasteiger partial charge is 0.220 e. The molecule has 3 aromatic heterocycles. The number of benzene rings is 10. The summed E-state index contributed by atoms with van der Waals surface area (Å²) in [4.78, 5) is 9.71. The molecule has 0 radical (unpaired) electrons. The molecule has 13 rings (SSSR count). The summed E-state index contributed by atoms with van der Waals surface area (Å²) in [5.41, 5.74) is 13.2. The van der Waals surface area contributed by atoms with Crippen LogP contribution in [0.4, 0.5) is 5.69 Å². The minimum Gasteiger partial charge on any atom is -0.307 e. The zero-order valence-corrected chi connectivity index (χ0v) is 35.4. The second kappa shape index (κ2) is 14.6. The molecular formula is C61H35N5. The Labute approximate surface area is 380 Å². The van der Waals surface area contributed by atoms with E-state index in [1.807, 2.05) is 66.9 Å². The van der Waals surface area contributed by atoms with E-state index in [1.165, 1.54) is 0 Å². The predicted octanol–water partition coefficient (Wildman–Crippen LogP) is 16.1. The average molecular weight is 838 g/mol. The maximum absolute atomic E-state index is 11.8. The van der Waals surface area contributed by atoms with E-state index >= 15 is 0 Å². The molecule has 10 aromatic carbocycles. The highest BCUT2D eigenvalue weighted by atomic mass is 15.1. The maximum Gasteiger partial charge on any atom is 0.220 e. The van der Waals surface area contributed by atoms with Gasteiger partial charge in [0, 0.05) is 38.9 Å². The molecule has 3 heterocycles. The summed E-state index contributed by atoms with van der Waals surface area (Å²) >= 11 is 0. The minimum absolute atomic E-state index is 0.381. The van der Waals surface area contributed by atoms with Crippen molar-refractivity contribution < 1.29 is 0 Å². The SMILES string of the molecule is [C-]#[N+]c1c(-c2ccccc2)c(C#N)c(-n2c3ccc(-c4ccccc4)cc3c3cc(-c4ccccc4)ccc32)c(-c2ccccc2)c1-n1c2cccc3c4ccccc4c4ccnc1c4c32. The number of pyridine rings is 1. The summed E-state index contributed by atoms with van der Waals surface area (Å²) in [7, 11) is 0. The molecule has 0 saturated carbocycles. The standard InChI is InChI=1S/C61H35N5/c1-63-58-54(40-21-10-4-11-22-40)50(37-62)59(65-51-31-29-42(38-17-6-2-7-18-38)35-48(51)49-36-43(30-32-52(49)65)39-19-8-3-9-20-39)55(41-23-12-5-13-24-41)60(58)66-53-28-16-27-46-44-25-14-15-26-45(44)47-33-34-64-61(66)57(47)56(46)53/h2-36H. The lowest BCUT2D eigenvalue weighted by molar-refractivity contribution is 1.12. The first kappa shape index (κ1) is 37.3. The molecule has 0 aliphatic heterocycles. The fraction of sp³-hybridized carbons (Fsp3) is 0. The van der Waals surface area contributed by atoms with Gasteiger partial charge in [0.2, 0.25) is 5.69 Å². The van der Waals surface area contributed by atoms with E-state index in [9.17, 15) is 11.8 Å². The molecule has 0 spiro atoms. The summed E-state index contributed by atoms with van der Waals surface area (Å²) in [5.74, 6) is 0. The second-order valence-corrected chi connectivity index (χ2v) is 16.8. The number of rotatable bonds is 6. The molecular weight excluding hydrogens is 803 g/mol. The Kier molecular flexibility index (Phi) is 8.27. The fourth-order valence-electron chi connectivity index (χ4n) is 10.6. The molecule has 0 bridgehead atoms. The van der Waals surface area contributed by atoms with E-state index < -0.39 is 0 Å². The molecule has 304 valence electrons. The summed E-state index contributed by atoms with van der Waals surface area (Å²) in [6.07, 6.45) is 1.89. The van der Waals surface area contributed by atoms with Gasteiger partial charge < -0.3 is 9.13 Å². The minimum atomic E-state index is 0.381.